The van der Waals surface area contributed by atoms with E-state index in [1.54, 1.807) is 0 Å². The smallest absolute Gasteiger partial charge is 0.366 e. The van der Waals surface area contributed by atoms with Gasteiger partial charge in [-0.1, -0.05) is 23.7 Å². The van der Waals surface area contributed by atoms with Crippen LogP contribution in [-0.4, -0.2) is 36.2 Å². The number of rotatable bonds is 4. The Morgan fingerprint density at radius 3 is 2.03 bits per heavy atom. The van der Waals surface area contributed by atoms with Gasteiger partial charge in [-0.3, -0.25) is 14.5 Å². The fourth-order valence-corrected chi connectivity index (χ4v) is 3.92. The Labute approximate surface area is 188 Å². The van der Waals surface area contributed by atoms with Gasteiger partial charge in [0.1, 0.15) is 5.82 Å². The monoisotopic (exact) mass is 470 g/mol. The van der Waals surface area contributed by atoms with Gasteiger partial charge in [-0.25, -0.2) is 4.39 Å². The van der Waals surface area contributed by atoms with Crippen LogP contribution in [0.4, 0.5) is 17.6 Å². The van der Waals surface area contributed by atoms with Crippen molar-refractivity contribution in [3.63, 3.8) is 0 Å². The lowest BCUT2D eigenvalue weighted by Gasteiger charge is -2.31. The molecule has 2 fully saturated rings. The van der Waals surface area contributed by atoms with Crippen LogP contribution in [0.1, 0.15) is 52.0 Å². The fourth-order valence-electron chi connectivity index (χ4n) is 3.70. The first-order valence-electron chi connectivity index (χ1n) is 10.2. The van der Waals surface area contributed by atoms with Crippen LogP contribution in [-0.2, 0) is 6.18 Å². The van der Waals surface area contributed by atoms with E-state index >= 15 is 0 Å². The Bertz CT molecular complexity index is 958. The quantitative estimate of drug-likeness (QED) is 0.484. The number of alkyl halides is 3. The van der Waals surface area contributed by atoms with Crippen molar-refractivity contribution in [2.45, 2.75) is 31.9 Å². The molecule has 2 aliphatic rings. The molecular formula is C23H23ClF4N2O2. The third-order valence-corrected chi connectivity index (χ3v) is 6.14. The number of carbonyl (C=O) groups is 2. The van der Waals surface area contributed by atoms with Crippen molar-refractivity contribution < 1.29 is 27.2 Å². The van der Waals surface area contributed by atoms with Gasteiger partial charge in [0.05, 0.1) is 12.1 Å². The van der Waals surface area contributed by atoms with Crippen molar-refractivity contribution >= 4 is 23.3 Å². The average Bonchev–Trinajstić information content (AvgIpc) is 3.48. The van der Waals surface area contributed by atoms with Crippen LogP contribution < -0.4 is 5.73 Å². The molecule has 1 saturated carbocycles. The Balaban J connectivity index is 0.000000222. The summed E-state index contributed by atoms with van der Waals surface area (Å²) in [5.74, 6) is -1.35. The van der Waals surface area contributed by atoms with E-state index in [9.17, 15) is 27.2 Å². The first-order chi connectivity index (χ1) is 15.0. The Hall–Kier alpha value is -2.45. The molecule has 2 aromatic rings. The van der Waals surface area contributed by atoms with Gasteiger partial charge in [-0.05, 0) is 74.5 Å². The summed E-state index contributed by atoms with van der Waals surface area (Å²) in [6, 6.07) is 7.95. The first-order valence-corrected chi connectivity index (χ1v) is 10.5. The molecule has 0 aromatic heterocycles. The van der Waals surface area contributed by atoms with Crippen LogP contribution in [0.25, 0.3) is 0 Å². The third kappa shape index (κ3) is 6.53. The Kier molecular flexibility index (Phi) is 7.25. The molecule has 1 aliphatic carbocycles. The highest BCUT2D eigenvalue weighted by Crippen LogP contribution is 2.53. The summed E-state index contributed by atoms with van der Waals surface area (Å²) >= 11 is 5.45. The number of nitrogens with zero attached hydrogens (tertiary/aromatic N) is 1. The number of carbonyl (C=O) groups excluding carboxylic acids is 2. The second-order valence-electron chi connectivity index (χ2n) is 8.30. The number of piperidine rings is 1. The number of hydrogen-bond donors (Lipinski definition) is 1. The number of halogens is 5. The number of amides is 1. The third-order valence-electron chi connectivity index (χ3n) is 5.92. The molecule has 4 nitrogen and oxygen atoms in total. The van der Waals surface area contributed by atoms with Gasteiger partial charge in [0, 0.05) is 16.1 Å². The zero-order valence-electron chi connectivity index (χ0n) is 17.2. The molecule has 1 aliphatic heterocycles. The van der Waals surface area contributed by atoms with E-state index in [0.29, 0.717) is 17.5 Å². The second kappa shape index (κ2) is 9.58. The molecule has 9 heteroatoms. The van der Waals surface area contributed by atoms with Crippen LogP contribution in [0.3, 0.4) is 0 Å². The lowest BCUT2D eigenvalue weighted by Crippen LogP contribution is -2.38. The largest absolute Gasteiger partial charge is 0.416 e. The van der Waals surface area contributed by atoms with Gasteiger partial charge in [0.2, 0.25) is 5.91 Å². The molecule has 0 atom stereocenters. The molecule has 0 radical (unpaired) electrons. The summed E-state index contributed by atoms with van der Waals surface area (Å²) < 4.78 is 49.9. The van der Waals surface area contributed by atoms with E-state index in [4.69, 9.17) is 17.3 Å². The van der Waals surface area contributed by atoms with Crippen molar-refractivity contribution in [1.29, 1.82) is 0 Å². The summed E-state index contributed by atoms with van der Waals surface area (Å²) in [4.78, 5) is 24.7. The molecule has 1 heterocycles. The van der Waals surface area contributed by atoms with Gasteiger partial charge in [0.25, 0.3) is 0 Å². The van der Waals surface area contributed by atoms with E-state index in [0.717, 1.165) is 50.2 Å². The maximum atomic E-state index is 12.5. The molecule has 1 spiro atoms. The van der Waals surface area contributed by atoms with Crippen molar-refractivity contribution in [2.75, 3.05) is 19.6 Å². The predicted molar refractivity (Wildman–Crippen MR) is 113 cm³/mol. The zero-order chi connectivity index (χ0) is 23.5. The van der Waals surface area contributed by atoms with E-state index < -0.39 is 23.5 Å². The topological polar surface area (TPSA) is 63.4 Å². The Morgan fingerprint density at radius 1 is 0.969 bits per heavy atom. The first kappa shape index (κ1) is 24.2. The number of ketones is 1. The normalized spacial score (nSPS) is 17.4. The summed E-state index contributed by atoms with van der Waals surface area (Å²) in [5.41, 5.74) is 5.17. The summed E-state index contributed by atoms with van der Waals surface area (Å²) in [6.07, 6.45) is 0.564. The molecule has 2 aromatic carbocycles. The molecule has 172 valence electrons. The average molecular weight is 471 g/mol. The second-order valence-corrected chi connectivity index (χ2v) is 8.73. The number of benzene rings is 2. The molecule has 2 N–H and O–H groups in total. The zero-order valence-corrected chi connectivity index (χ0v) is 18.0. The Morgan fingerprint density at radius 2 is 1.56 bits per heavy atom. The molecule has 0 bridgehead atoms. The highest BCUT2D eigenvalue weighted by atomic mass is 35.5. The minimum atomic E-state index is -4.35. The number of primary amides is 1. The van der Waals surface area contributed by atoms with Crippen LogP contribution in [0.15, 0.2) is 42.5 Å². The lowest BCUT2D eigenvalue weighted by molar-refractivity contribution is -0.137. The van der Waals surface area contributed by atoms with Crippen molar-refractivity contribution in [3.05, 3.63) is 70.0 Å². The molecule has 4 rings (SSSR count). The van der Waals surface area contributed by atoms with Crippen molar-refractivity contribution in [2.24, 2.45) is 11.1 Å². The van der Waals surface area contributed by atoms with Crippen molar-refractivity contribution in [1.82, 2.24) is 4.90 Å². The summed E-state index contributed by atoms with van der Waals surface area (Å²) in [7, 11) is 0. The van der Waals surface area contributed by atoms with Gasteiger partial charge in [0.15, 0.2) is 5.78 Å². The summed E-state index contributed by atoms with van der Waals surface area (Å²) in [5, 5.41) is 0.166. The predicted octanol–water partition coefficient (Wildman–Crippen LogP) is 5.34. The number of Topliss-reactive ketones (excluding diaryl/α,β-unsaturated/α-hetero) is 1. The number of hydrogen-bond acceptors (Lipinski definition) is 3. The SMILES string of the molecule is NC(=O)c1cc(F)cc(Cl)c1.O=C(CN1CCC2(CC1)CC2)c1ccc(C(F)(F)F)cc1. The van der Waals surface area contributed by atoms with Crippen LogP contribution >= 0.6 is 11.6 Å². The van der Waals surface area contributed by atoms with E-state index in [2.05, 4.69) is 4.90 Å². The van der Waals surface area contributed by atoms with E-state index in [1.165, 1.54) is 31.0 Å². The summed E-state index contributed by atoms with van der Waals surface area (Å²) in [6.45, 7) is 2.15. The van der Waals surface area contributed by atoms with Crippen LogP contribution in [0, 0.1) is 11.2 Å². The highest BCUT2D eigenvalue weighted by Gasteiger charge is 2.44. The lowest BCUT2D eigenvalue weighted by atomic mass is 9.93. The number of likely N-dealkylation sites (tertiary alicyclic amines) is 1. The fraction of sp³-hybridized carbons (Fsp3) is 0.391. The van der Waals surface area contributed by atoms with Crippen LogP contribution in [0.2, 0.25) is 5.02 Å². The maximum Gasteiger partial charge on any atom is 0.416 e. The van der Waals surface area contributed by atoms with E-state index in [1.807, 2.05) is 0 Å². The molecule has 1 amide bonds. The maximum absolute atomic E-state index is 12.5. The van der Waals surface area contributed by atoms with Crippen molar-refractivity contribution in [3.8, 4) is 0 Å². The molecular weight excluding hydrogens is 448 g/mol. The number of nitrogens with two attached hydrogens (primary N) is 1. The standard InChI is InChI=1S/C16H18F3NO.C7H5ClFNO/c17-16(18,19)13-3-1-12(2-4-13)14(21)11-20-9-7-15(5-6-15)8-10-20;8-5-1-4(7(10)11)2-6(9)3-5/h1-4H,5-11H2;1-3H,(H2,10,11). The minimum absolute atomic E-state index is 0.0787. The molecule has 0 unspecified atom stereocenters. The van der Waals surface area contributed by atoms with Gasteiger partial charge in [-0.15, -0.1) is 0 Å². The molecule has 32 heavy (non-hydrogen) atoms. The highest BCUT2D eigenvalue weighted by molar-refractivity contribution is 6.30. The van der Waals surface area contributed by atoms with Gasteiger partial charge in [-0.2, -0.15) is 13.2 Å². The van der Waals surface area contributed by atoms with Gasteiger partial charge >= 0.3 is 6.18 Å². The van der Waals surface area contributed by atoms with Crippen LogP contribution in [0.5, 0.6) is 0 Å². The molecule has 1 saturated heterocycles. The minimum Gasteiger partial charge on any atom is -0.366 e. The van der Waals surface area contributed by atoms with Gasteiger partial charge < -0.3 is 5.73 Å². The van der Waals surface area contributed by atoms with E-state index in [-0.39, 0.29) is 16.4 Å².